The third kappa shape index (κ3) is 3.30. The number of anilines is 1. The maximum absolute atomic E-state index is 9.82. The molecule has 0 bridgehead atoms. The standard InChI is InChI=1S/C15H15Cl2NO2/c1-9-5-13(17)14(7-12(9)16)18-8-10-6-11(20-2)3-4-15(10)19/h3-7,18-19H,8H2,1-2H3. The van der Waals surface area contributed by atoms with Gasteiger partial charge in [-0.2, -0.15) is 0 Å². The number of phenols is 1. The summed E-state index contributed by atoms with van der Waals surface area (Å²) in [5.41, 5.74) is 2.37. The lowest BCUT2D eigenvalue weighted by atomic mass is 10.1. The number of ether oxygens (including phenoxy) is 1. The van der Waals surface area contributed by atoms with Gasteiger partial charge in [-0.25, -0.2) is 0 Å². The molecule has 0 unspecified atom stereocenters. The zero-order valence-electron chi connectivity index (χ0n) is 11.2. The van der Waals surface area contributed by atoms with Gasteiger partial charge in [-0.1, -0.05) is 23.2 Å². The van der Waals surface area contributed by atoms with E-state index in [1.54, 1.807) is 37.4 Å². The minimum atomic E-state index is 0.202. The number of benzene rings is 2. The Bertz CT molecular complexity index is 630. The molecule has 2 aromatic rings. The molecule has 0 heterocycles. The SMILES string of the molecule is COc1ccc(O)c(CNc2cc(Cl)c(C)cc2Cl)c1. The third-order valence-electron chi connectivity index (χ3n) is 3.00. The van der Waals surface area contributed by atoms with Crippen LogP contribution in [0.4, 0.5) is 5.69 Å². The molecule has 0 radical (unpaired) electrons. The molecule has 0 aromatic heterocycles. The van der Waals surface area contributed by atoms with Crippen molar-refractivity contribution in [1.29, 1.82) is 0 Å². The fraction of sp³-hybridized carbons (Fsp3) is 0.200. The van der Waals surface area contributed by atoms with E-state index in [-0.39, 0.29) is 5.75 Å². The van der Waals surface area contributed by atoms with Crippen LogP contribution in [0.25, 0.3) is 0 Å². The molecule has 5 heteroatoms. The summed E-state index contributed by atoms with van der Waals surface area (Å²) >= 11 is 12.2. The molecule has 0 aliphatic carbocycles. The number of halogens is 2. The zero-order chi connectivity index (χ0) is 14.7. The van der Waals surface area contributed by atoms with E-state index >= 15 is 0 Å². The van der Waals surface area contributed by atoms with Crippen LogP contribution in [-0.2, 0) is 6.54 Å². The molecular weight excluding hydrogens is 297 g/mol. The molecular formula is C15H15Cl2NO2. The van der Waals surface area contributed by atoms with Gasteiger partial charge in [-0.15, -0.1) is 0 Å². The molecule has 106 valence electrons. The maximum Gasteiger partial charge on any atom is 0.120 e. The van der Waals surface area contributed by atoms with E-state index in [2.05, 4.69) is 5.32 Å². The first kappa shape index (κ1) is 14.8. The van der Waals surface area contributed by atoms with E-state index < -0.39 is 0 Å². The number of aromatic hydroxyl groups is 1. The van der Waals surface area contributed by atoms with Gasteiger partial charge in [-0.3, -0.25) is 0 Å². The van der Waals surface area contributed by atoms with Crippen molar-refractivity contribution in [2.24, 2.45) is 0 Å². The van der Waals surface area contributed by atoms with Gasteiger partial charge >= 0.3 is 0 Å². The Kier molecular flexibility index (Phi) is 4.63. The van der Waals surface area contributed by atoms with E-state index in [1.807, 2.05) is 6.92 Å². The number of hydrogen-bond acceptors (Lipinski definition) is 3. The Balaban J connectivity index is 2.18. The fourth-order valence-corrected chi connectivity index (χ4v) is 2.25. The van der Waals surface area contributed by atoms with Crippen LogP contribution >= 0.6 is 23.2 Å². The second-order valence-electron chi connectivity index (χ2n) is 4.43. The van der Waals surface area contributed by atoms with Gasteiger partial charge in [0.15, 0.2) is 0 Å². The Morgan fingerprint density at radius 1 is 1.15 bits per heavy atom. The van der Waals surface area contributed by atoms with Crippen LogP contribution in [0.2, 0.25) is 10.0 Å². The smallest absolute Gasteiger partial charge is 0.120 e. The normalized spacial score (nSPS) is 10.4. The molecule has 0 saturated carbocycles. The Labute approximate surface area is 128 Å². The first-order chi connectivity index (χ1) is 9.51. The van der Waals surface area contributed by atoms with Crippen LogP contribution in [0, 0.1) is 6.92 Å². The molecule has 0 saturated heterocycles. The van der Waals surface area contributed by atoms with Crippen LogP contribution in [0.15, 0.2) is 30.3 Å². The van der Waals surface area contributed by atoms with Gasteiger partial charge in [0.2, 0.25) is 0 Å². The van der Waals surface area contributed by atoms with Crippen molar-refractivity contribution in [3.8, 4) is 11.5 Å². The van der Waals surface area contributed by atoms with Crippen LogP contribution in [0.3, 0.4) is 0 Å². The lowest BCUT2D eigenvalue weighted by Crippen LogP contribution is -2.01. The summed E-state index contributed by atoms with van der Waals surface area (Å²) in [6, 6.07) is 8.65. The number of methoxy groups -OCH3 is 1. The van der Waals surface area contributed by atoms with Gasteiger partial charge in [0.1, 0.15) is 11.5 Å². The monoisotopic (exact) mass is 311 g/mol. The van der Waals surface area contributed by atoms with Crippen LogP contribution in [0.5, 0.6) is 11.5 Å². The van der Waals surface area contributed by atoms with E-state index in [9.17, 15) is 5.11 Å². The van der Waals surface area contributed by atoms with Crippen molar-refractivity contribution in [3.05, 3.63) is 51.5 Å². The number of phenolic OH excluding ortho intramolecular Hbond substituents is 1. The van der Waals surface area contributed by atoms with Gasteiger partial charge < -0.3 is 15.2 Å². The number of rotatable bonds is 4. The minimum Gasteiger partial charge on any atom is -0.508 e. The second-order valence-corrected chi connectivity index (χ2v) is 5.24. The molecule has 0 aliphatic rings. The quantitative estimate of drug-likeness (QED) is 0.865. The van der Waals surface area contributed by atoms with Gasteiger partial charge in [0.05, 0.1) is 17.8 Å². The van der Waals surface area contributed by atoms with Crippen molar-refractivity contribution in [2.45, 2.75) is 13.5 Å². The van der Waals surface area contributed by atoms with Gasteiger partial charge in [0, 0.05) is 17.1 Å². The summed E-state index contributed by atoms with van der Waals surface area (Å²) in [4.78, 5) is 0. The van der Waals surface area contributed by atoms with Crippen LogP contribution in [-0.4, -0.2) is 12.2 Å². The lowest BCUT2D eigenvalue weighted by Gasteiger charge is -2.12. The van der Waals surface area contributed by atoms with E-state index in [0.717, 1.165) is 16.8 Å². The summed E-state index contributed by atoms with van der Waals surface area (Å²) in [5.74, 6) is 0.889. The third-order valence-corrected chi connectivity index (χ3v) is 3.72. The predicted octanol–water partition coefficient (Wildman–Crippen LogP) is 4.63. The first-order valence-electron chi connectivity index (χ1n) is 6.06. The highest BCUT2D eigenvalue weighted by Crippen LogP contribution is 2.30. The van der Waals surface area contributed by atoms with Gasteiger partial charge in [-0.05, 0) is 42.8 Å². The highest BCUT2D eigenvalue weighted by molar-refractivity contribution is 6.35. The van der Waals surface area contributed by atoms with Crippen LogP contribution < -0.4 is 10.1 Å². The van der Waals surface area contributed by atoms with Crippen molar-refractivity contribution in [3.63, 3.8) is 0 Å². The molecule has 0 atom stereocenters. The minimum absolute atomic E-state index is 0.202. The molecule has 20 heavy (non-hydrogen) atoms. The highest BCUT2D eigenvalue weighted by atomic mass is 35.5. The predicted molar refractivity (Wildman–Crippen MR) is 83.2 cm³/mol. The fourth-order valence-electron chi connectivity index (χ4n) is 1.80. The van der Waals surface area contributed by atoms with Crippen molar-refractivity contribution < 1.29 is 9.84 Å². The Morgan fingerprint density at radius 3 is 2.60 bits per heavy atom. The molecule has 0 aliphatic heterocycles. The molecule has 3 nitrogen and oxygen atoms in total. The lowest BCUT2D eigenvalue weighted by molar-refractivity contribution is 0.411. The Hall–Kier alpha value is -1.58. The number of aryl methyl sites for hydroxylation is 1. The van der Waals surface area contributed by atoms with E-state index in [1.165, 1.54) is 0 Å². The summed E-state index contributed by atoms with van der Waals surface area (Å²) in [6.45, 7) is 2.31. The summed E-state index contributed by atoms with van der Waals surface area (Å²) in [6.07, 6.45) is 0. The van der Waals surface area contributed by atoms with Crippen molar-refractivity contribution in [1.82, 2.24) is 0 Å². The highest BCUT2D eigenvalue weighted by Gasteiger charge is 2.07. The zero-order valence-corrected chi connectivity index (χ0v) is 12.7. The van der Waals surface area contributed by atoms with Crippen molar-refractivity contribution >= 4 is 28.9 Å². The second kappa shape index (κ2) is 6.25. The van der Waals surface area contributed by atoms with Gasteiger partial charge in [0.25, 0.3) is 0 Å². The molecule has 2 aromatic carbocycles. The number of hydrogen-bond donors (Lipinski definition) is 2. The summed E-state index contributed by atoms with van der Waals surface area (Å²) < 4.78 is 5.13. The van der Waals surface area contributed by atoms with E-state index in [4.69, 9.17) is 27.9 Å². The Morgan fingerprint density at radius 2 is 1.90 bits per heavy atom. The topological polar surface area (TPSA) is 41.5 Å². The largest absolute Gasteiger partial charge is 0.508 e. The van der Waals surface area contributed by atoms with Crippen LogP contribution in [0.1, 0.15) is 11.1 Å². The van der Waals surface area contributed by atoms with Crippen molar-refractivity contribution in [2.75, 3.05) is 12.4 Å². The molecule has 2 N–H and O–H groups in total. The molecule has 2 rings (SSSR count). The molecule has 0 fully saturated rings. The maximum atomic E-state index is 9.82. The average Bonchev–Trinajstić information content (AvgIpc) is 2.43. The number of nitrogens with one attached hydrogen (secondary N) is 1. The first-order valence-corrected chi connectivity index (χ1v) is 6.82. The summed E-state index contributed by atoms with van der Waals surface area (Å²) in [7, 11) is 1.58. The van der Waals surface area contributed by atoms with E-state index in [0.29, 0.717) is 22.3 Å². The average molecular weight is 312 g/mol. The summed E-state index contributed by atoms with van der Waals surface area (Å²) in [5, 5.41) is 14.2. The molecule has 0 amide bonds. The molecule has 0 spiro atoms.